The van der Waals surface area contributed by atoms with Crippen LogP contribution in [0.1, 0.15) is 19.9 Å². The third-order valence-corrected chi connectivity index (χ3v) is 2.31. The van der Waals surface area contributed by atoms with Crippen LogP contribution >= 0.6 is 0 Å². The number of halogens is 3. The van der Waals surface area contributed by atoms with E-state index in [0.29, 0.717) is 0 Å². The van der Waals surface area contributed by atoms with E-state index >= 15 is 0 Å². The highest BCUT2D eigenvalue weighted by Crippen LogP contribution is 2.34. The van der Waals surface area contributed by atoms with Gasteiger partial charge >= 0.3 is 12.4 Å². The molecule has 0 unspecified atom stereocenters. The third-order valence-electron chi connectivity index (χ3n) is 2.31. The van der Waals surface area contributed by atoms with Crippen LogP contribution in [0.25, 0.3) is 0 Å². The number of alkyl halides is 3. The standard InChI is InChI=1S/C12H12F3N3O2/c1-8(2)18-11(16-7-17-18)19-9-5-3-4-6-10(9)20-12(13,14)15/h3-8H,1-2H3. The van der Waals surface area contributed by atoms with Crippen LogP contribution in [0, 0.1) is 0 Å². The van der Waals surface area contributed by atoms with Gasteiger partial charge in [0.15, 0.2) is 11.5 Å². The molecule has 2 aromatic rings. The molecule has 108 valence electrons. The fourth-order valence-electron chi connectivity index (χ4n) is 1.51. The summed E-state index contributed by atoms with van der Waals surface area (Å²) in [7, 11) is 0. The maximum Gasteiger partial charge on any atom is 0.573 e. The Morgan fingerprint density at radius 1 is 1.15 bits per heavy atom. The molecule has 0 radical (unpaired) electrons. The lowest BCUT2D eigenvalue weighted by molar-refractivity contribution is -0.275. The second kappa shape index (κ2) is 5.40. The number of hydrogen-bond donors (Lipinski definition) is 0. The molecular weight excluding hydrogens is 275 g/mol. The second-order valence-corrected chi connectivity index (χ2v) is 4.18. The molecule has 0 aliphatic rings. The molecule has 8 heteroatoms. The minimum absolute atomic E-state index is 0.0387. The minimum Gasteiger partial charge on any atom is -0.420 e. The second-order valence-electron chi connectivity index (χ2n) is 4.18. The Morgan fingerprint density at radius 3 is 2.40 bits per heavy atom. The lowest BCUT2D eigenvalue weighted by Crippen LogP contribution is -2.17. The van der Waals surface area contributed by atoms with E-state index in [2.05, 4.69) is 14.8 Å². The molecule has 0 saturated heterocycles. The van der Waals surface area contributed by atoms with Gasteiger partial charge in [-0.05, 0) is 26.0 Å². The van der Waals surface area contributed by atoms with Gasteiger partial charge in [0.1, 0.15) is 6.33 Å². The molecule has 0 amide bonds. The fraction of sp³-hybridized carbons (Fsp3) is 0.333. The van der Waals surface area contributed by atoms with E-state index in [1.54, 1.807) is 0 Å². The molecule has 1 aromatic heterocycles. The number of hydrogen-bond acceptors (Lipinski definition) is 4. The predicted octanol–water partition coefficient (Wildman–Crippen LogP) is 3.55. The maximum atomic E-state index is 12.3. The van der Waals surface area contributed by atoms with Gasteiger partial charge in [0, 0.05) is 0 Å². The molecule has 20 heavy (non-hydrogen) atoms. The van der Waals surface area contributed by atoms with Crippen LogP contribution in [0.3, 0.4) is 0 Å². The highest BCUT2D eigenvalue weighted by Gasteiger charge is 2.32. The predicted molar refractivity (Wildman–Crippen MR) is 63.6 cm³/mol. The monoisotopic (exact) mass is 287 g/mol. The Hall–Kier alpha value is -2.25. The van der Waals surface area contributed by atoms with Crippen molar-refractivity contribution < 1.29 is 22.6 Å². The Balaban J connectivity index is 2.27. The van der Waals surface area contributed by atoms with E-state index < -0.39 is 12.1 Å². The van der Waals surface area contributed by atoms with Gasteiger partial charge in [0.25, 0.3) is 0 Å². The molecule has 0 aliphatic carbocycles. The van der Waals surface area contributed by atoms with Gasteiger partial charge < -0.3 is 9.47 Å². The summed E-state index contributed by atoms with van der Waals surface area (Å²) >= 11 is 0. The molecule has 2 rings (SSSR count). The van der Waals surface area contributed by atoms with Crippen molar-refractivity contribution in [2.75, 3.05) is 0 Å². The summed E-state index contributed by atoms with van der Waals surface area (Å²) in [5.41, 5.74) is 0. The van der Waals surface area contributed by atoms with Gasteiger partial charge in [0.05, 0.1) is 6.04 Å². The zero-order valence-electron chi connectivity index (χ0n) is 10.8. The molecule has 0 aliphatic heterocycles. The summed E-state index contributed by atoms with van der Waals surface area (Å²) in [6, 6.07) is 5.54. The highest BCUT2D eigenvalue weighted by atomic mass is 19.4. The van der Waals surface area contributed by atoms with Crippen molar-refractivity contribution in [3.05, 3.63) is 30.6 Å². The molecular formula is C12H12F3N3O2. The maximum absolute atomic E-state index is 12.3. The number of aromatic nitrogens is 3. The Kier molecular flexibility index (Phi) is 3.82. The smallest absolute Gasteiger partial charge is 0.420 e. The number of rotatable bonds is 4. The van der Waals surface area contributed by atoms with Crippen LogP contribution in [0.5, 0.6) is 17.5 Å². The van der Waals surface area contributed by atoms with E-state index in [0.717, 1.165) is 0 Å². The first-order valence-corrected chi connectivity index (χ1v) is 5.79. The molecule has 1 aromatic carbocycles. The van der Waals surface area contributed by atoms with Gasteiger partial charge in [-0.3, -0.25) is 0 Å². The van der Waals surface area contributed by atoms with Gasteiger partial charge in [-0.1, -0.05) is 12.1 Å². The Bertz CT molecular complexity index is 581. The molecule has 0 saturated carbocycles. The highest BCUT2D eigenvalue weighted by molar-refractivity contribution is 5.41. The first-order valence-electron chi connectivity index (χ1n) is 5.79. The van der Waals surface area contributed by atoms with Crippen molar-refractivity contribution in [3.63, 3.8) is 0 Å². The minimum atomic E-state index is -4.79. The molecule has 0 bridgehead atoms. The zero-order valence-corrected chi connectivity index (χ0v) is 10.8. The topological polar surface area (TPSA) is 49.2 Å². The summed E-state index contributed by atoms with van der Waals surface area (Å²) in [5.74, 6) is -0.516. The molecule has 0 atom stereocenters. The normalized spacial score (nSPS) is 11.7. The van der Waals surface area contributed by atoms with E-state index in [1.807, 2.05) is 13.8 Å². The van der Waals surface area contributed by atoms with Crippen LogP contribution in [0.15, 0.2) is 30.6 Å². The number of ether oxygens (including phenoxy) is 2. The Labute approximate surface area is 112 Å². The van der Waals surface area contributed by atoms with E-state index in [4.69, 9.17) is 4.74 Å². The lowest BCUT2D eigenvalue weighted by Gasteiger charge is -2.14. The van der Waals surface area contributed by atoms with Crippen molar-refractivity contribution >= 4 is 0 Å². The lowest BCUT2D eigenvalue weighted by atomic mass is 10.3. The van der Waals surface area contributed by atoms with Crippen LogP contribution in [0.2, 0.25) is 0 Å². The number of para-hydroxylation sites is 2. The summed E-state index contributed by atoms with van der Waals surface area (Å²) in [5, 5.41) is 3.93. The van der Waals surface area contributed by atoms with Crippen molar-refractivity contribution in [3.8, 4) is 17.5 Å². The van der Waals surface area contributed by atoms with E-state index in [-0.39, 0.29) is 17.8 Å². The van der Waals surface area contributed by atoms with Crippen molar-refractivity contribution in [1.29, 1.82) is 0 Å². The van der Waals surface area contributed by atoms with Crippen LogP contribution in [-0.4, -0.2) is 21.1 Å². The number of nitrogens with zero attached hydrogens (tertiary/aromatic N) is 3. The molecule has 0 N–H and O–H groups in total. The quantitative estimate of drug-likeness (QED) is 0.862. The average Bonchev–Trinajstić information content (AvgIpc) is 2.78. The summed E-state index contributed by atoms with van der Waals surface area (Å²) in [6.07, 6.45) is -3.52. The van der Waals surface area contributed by atoms with Crippen LogP contribution < -0.4 is 9.47 Å². The molecule has 1 heterocycles. The summed E-state index contributed by atoms with van der Waals surface area (Å²) < 4.78 is 47.6. The molecule has 0 spiro atoms. The molecule has 0 fully saturated rings. The summed E-state index contributed by atoms with van der Waals surface area (Å²) in [6.45, 7) is 3.69. The van der Waals surface area contributed by atoms with Gasteiger partial charge in [-0.15, -0.1) is 13.2 Å². The molecule has 5 nitrogen and oxygen atoms in total. The summed E-state index contributed by atoms with van der Waals surface area (Å²) in [4.78, 5) is 3.86. The first-order chi connectivity index (χ1) is 9.37. The van der Waals surface area contributed by atoms with Crippen molar-refractivity contribution in [1.82, 2.24) is 14.8 Å². The third kappa shape index (κ3) is 3.40. The number of benzene rings is 1. The van der Waals surface area contributed by atoms with Crippen molar-refractivity contribution in [2.45, 2.75) is 26.3 Å². The SMILES string of the molecule is CC(C)n1ncnc1Oc1ccccc1OC(F)(F)F. The first kappa shape index (κ1) is 14.2. The van der Waals surface area contributed by atoms with Gasteiger partial charge in [-0.25, -0.2) is 4.68 Å². The van der Waals surface area contributed by atoms with E-state index in [1.165, 1.54) is 35.3 Å². The van der Waals surface area contributed by atoms with Crippen LogP contribution in [-0.2, 0) is 0 Å². The average molecular weight is 287 g/mol. The van der Waals surface area contributed by atoms with Crippen molar-refractivity contribution in [2.24, 2.45) is 0 Å². The fourth-order valence-corrected chi connectivity index (χ4v) is 1.51. The van der Waals surface area contributed by atoms with E-state index in [9.17, 15) is 13.2 Å². The van der Waals surface area contributed by atoms with Crippen LogP contribution in [0.4, 0.5) is 13.2 Å². The Morgan fingerprint density at radius 2 is 1.80 bits per heavy atom. The van der Waals surface area contributed by atoms with Gasteiger partial charge in [-0.2, -0.15) is 10.1 Å². The zero-order chi connectivity index (χ0) is 14.8. The van der Waals surface area contributed by atoms with Gasteiger partial charge in [0.2, 0.25) is 0 Å². The largest absolute Gasteiger partial charge is 0.573 e.